The van der Waals surface area contributed by atoms with Crippen molar-refractivity contribution in [2.24, 2.45) is 7.05 Å². The Labute approximate surface area is 185 Å². The maximum absolute atomic E-state index is 12.4. The van der Waals surface area contributed by atoms with Gasteiger partial charge in [0.25, 0.3) is 0 Å². The molecular formula is C24H22N6O2. The van der Waals surface area contributed by atoms with Crippen molar-refractivity contribution in [1.29, 1.82) is 5.26 Å². The summed E-state index contributed by atoms with van der Waals surface area (Å²) in [5.41, 5.74) is 6.49. The quantitative estimate of drug-likeness (QED) is 0.485. The highest BCUT2D eigenvalue weighted by molar-refractivity contribution is 5.66. The Morgan fingerprint density at radius 1 is 1.03 bits per heavy atom. The molecule has 4 rings (SSSR count). The molecule has 0 radical (unpaired) electrons. The summed E-state index contributed by atoms with van der Waals surface area (Å²) in [5.74, 6) is 0.751. The van der Waals surface area contributed by atoms with Gasteiger partial charge in [0.15, 0.2) is 0 Å². The number of rotatable bonds is 5. The average molecular weight is 426 g/mol. The normalized spacial score (nSPS) is 10.7. The molecule has 2 heterocycles. The fourth-order valence-corrected chi connectivity index (χ4v) is 3.53. The maximum Gasteiger partial charge on any atom is 0.368 e. The molecule has 0 saturated heterocycles. The van der Waals surface area contributed by atoms with Crippen molar-refractivity contribution in [2.75, 3.05) is 0 Å². The number of hydrogen-bond acceptors (Lipinski definition) is 6. The fourth-order valence-electron chi connectivity index (χ4n) is 3.53. The highest BCUT2D eigenvalue weighted by Crippen LogP contribution is 2.30. The number of pyridine rings is 1. The minimum absolute atomic E-state index is 0.278. The van der Waals surface area contributed by atoms with Gasteiger partial charge in [0, 0.05) is 24.4 Å². The van der Waals surface area contributed by atoms with E-state index < -0.39 is 0 Å². The molecule has 0 bridgehead atoms. The van der Waals surface area contributed by atoms with E-state index in [2.05, 4.69) is 21.5 Å². The Morgan fingerprint density at radius 2 is 1.84 bits per heavy atom. The van der Waals surface area contributed by atoms with Crippen LogP contribution < -0.4 is 10.4 Å². The molecule has 8 nitrogen and oxygen atoms in total. The van der Waals surface area contributed by atoms with Gasteiger partial charge in [0.05, 0.1) is 16.9 Å². The number of tetrazole rings is 1. The van der Waals surface area contributed by atoms with E-state index in [1.807, 2.05) is 57.2 Å². The molecule has 0 amide bonds. The lowest BCUT2D eigenvalue weighted by atomic mass is 10.0. The molecule has 0 spiro atoms. The minimum atomic E-state index is -0.317. The van der Waals surface area contributed by atoms with Crippen molar-refractivity contribution < 1.29 is 4.74 Å². The largest absolute Gasteiger partial charge is 0.489 e. The first-order valence-corrected chi connectivity index (χ1v) is 10.1. The monoisotopic (exact) mass is 426 g/mol. The predicted octanol–water partition coefficient (Wildman–Crippen LogP) is 3.40. The van der Waals surface area contributed by atoms with E-state index >= 15 is 0 Å². The molecule has 0 atom stereocenters. The van der Waals surface area contributed by atoms with Crippen LogP contribution in [-0.2, 0) is 13.7 Å². The molecule has 0 N–H and O–H groups in total. The lowest BCUT2D eigenvalue weighted by molar-refractivity contribution is 0.302. The van der Waals surface area contributed by atoms with Crippen molar-refractivity contribution in [3.63, 3.8) is 0 Å². The van der Waals surface area contributed by atoms with Gasteiger partial charge in [-0.2, -0.15) is 14.6 Å². The molecule has 0 fully saturated rings. The summed E-state index contributed by atoms with van der Waals surface area (Å²) in [6.45, 7) is 6.23. The number of nitriles is 1. The molecule has 0 aliphatic heterocycles. The Morgan fingerprint density at radius 3 is 2.50 bits per heavy atom. The Bertz CT molecular complexity index is 1390. The summed E-state index contributed by atoms with van der Waals surface area (Å²) in [7, 11) is 1.56. The number of hydrogen-bond donors (Lipinski definition) is 0. The molecule has 4 aromatic rings. The van der Waals surface area contributed by atoms with Crippen LogP contribution in [0.2, 0.25) is 0 Å². The van der Waals surface area contributed by atoms with Gasteiger partial charge in [-0.05, 0) is 78.2 Å². The van der Waals surface area contributed by atoms with Crippen molar-refractivity contribution in [2.45, 2.75) is 27.4 Å². The van der Waals surface area contributed by atoms with Gasteiger partial charge < -0.3 is 4.74 Å². The van der Waals surface area contributed by atoms with E-state index in [1.54, 1.807) is 19.3 Å². The van der Waals surface area contributed by atoms with Crippen LogP contribution in [-0.4, -0.2) is 24.8 Å². The molecule has 2 aromatic heterocycles. The minimum Gasteiger partial charge on any atom is -0.489 e. The molecule has 0 saturated carbocycles. The number of aromatic nitrogens is 5. The first-order chi connectivity index (χ1) is 15.4. The fraction of sp³-hybridized carbons (Fsp3) is 0.208. The summed E-state index contributed by atoms with van der Waals surface area (Å²) in [6, 6.07) is 15.4. The molecule has 160 valence electrons. The Balaban J connectivity index is 1.64. The molecule has 8 heteroatoms. The lowest BCUT2D eigenvalue weighted by Crippen LogP contribution is -2.23. The number of aryl methyl sites for hydroxylation is 4. The molecule has 32 heavy (non-hydrogen) atoms. The van der Waals surface area contributed by atoms with E-state index in [0.29, 0.717) is 11.3 Å². The van der Waals surface area contributed by atoms with Gasteiger partial charge in [-0.15, -0.1) is 0 Å². The Kier molecular flexibility index (Phi) is 5.56. The van der Waals surface area contributed by atoms with E-state index in [9.17, 15) is 4.79 Å². The summed E-state index contributed by atoms with van der Waals surface area (Å²) >= 11 is 0. The number of benzene rings is 2. The standard InChI is InChI=1S/C24H22N6O2/c1-15-6-5-7-22(30-24(31)29(4)27-28-30)20(15)14-32-23-11-16(2)19(10-17(23)3)21-9-8-18(12-25)13-26-21/h5-11,13H,14H2,1-4H3. The average Bonchev–Trinajstić information content (AvgIpc) is 3.13. The summed E-state index contributed by atoms with van der Waals surface area (Å²) < 4.78 is 8.66. The van der Waals surface area contributed by atoms with E-state index in [0.717, 1.165) is 39.3 Å². The Hall–Kier alpha value is -4.25. The topological polar surface area (TPSA) is 98.6 Å². The van der Waals surface area contributed by atoms with Crippen molar-refractivity contribution in [3.8, 4) is 28.8 Å². The van der Waals surface area contributed by atoms with Crippen LogP contribution in [0.15, 0.2) is 53.5 Å². The summed E-state index contributed by atoms with van der Waals surface area (Å²) in [4.78, 5) is 16.8. The van der Waals surface area contributed by atoms with Gasteiger partial charge in [0.1, 0.15) is 18.4 Å². The van der Waals surface area contributed by atoms with E-state index in [1.165, 1.54) is 9.36 Å². The van der Waals surface area contributed by atoms with Crippen molar-refractivity contribution >= 4 is 0 Å². The SMILES string of the molecule is Cc1cc(-c2ccc(C#N)cn2)c(C)cc1OCc1c(C)cccc1-n1nnn(C)c1=O. The van der Waals surface area contributed by atoms with Crippen LogP contribution in [0.5, 0.6) is 5.75 Å². The van der Waals surface area contributed by atoms with Crippen LogP contribution >= 0.6 is 0 Å². The van der Waals surface area contributed by atoms with Gasteiger partial charge in [-0.25, -0.2) is 4.79 Å². The zero-order chi connectivity index (χ0) is 22.8. The van der Waals surface area contributed by atoms with Gasteiger partial charge in [-0.1, -0.05) is 12.1 Å². The number of nitrogens with zero attached hydrogens (tertiary/aromatic N) is 6. The number of ether oxygens (including phenoxy) is 1. The second-order valence-corrected chi connectivity index (χ2v) is 7.63. The molecule has 2 aromatic carbocycles. The van der Waals surface area contributed by atoms with Crippen LogP contribution in [0.1, 0.15) is 27.8 Å². The summed E-state index contributed by atoms with van der Waals surface area (Å²) in [5, 5.41) is 16.8. The van der Waals surface area contributed by atoms with Gasteiger partial charge in [0.2, 0.25) is 0 Å². The highest BCUT2D eigenvalue weighted by Gasteiger charge is 2.15. The first-order valence-electron chi connectivity index (χ1n) is 10.1. The zero-order valence-electron chi connectivity index (χ0n) is 18.3. The second-order valence-electron chi connectivity index (χ2n) is 7.63. The smallest absolute Gasteiger partial charge is 0.368 e. The van der Waals surface area contributed by atoms with Crippen molar-refractivity contribution in [1.82, 2.24) is 24.8 Å². The molecular weight excluding hydrogens is 404 g/mol. The van der Waals surface area contributed by atoms with Crippen LogP contribution in [0.25, 0.3) is 16.9 Å². The highest BCUT2D eigenvalue weighted by atomic mass is 16.5. The van der Waals surface area contributed by atoms with Crippen LogP contribution in [0, 0.1) is 32.1 Å². The van der Waals surface area contributed by atoms with E-state index in [-0.39, 0.29) is 12.3 Å². The van der Waals surface area contributed by atoms with Gasteiger partial charge in [-0.3, -0.25) is 4.98 Å². The molecule has 0 unspecified atom stereocenters. The predicted molar refractivity (Wildman–Crippen MR) is 120 cm³/mol. The third-order valence-corrected chi connectivity index (χ3v) is 5.40. The second kappa shape index (κ2) is 8.47. The molecule has 0 aliphatic rings. The van der Waals surface area contributed by atoms with E-state index in [4.69, 9.17) is 10.00 Å². The lowest BCUT2D eigenvalue weighted by Gasteiger charge is -2.16. The molecule has 0 aliphatic carbocycles. The first kappa shape index (κ1) is 21.0. The van der Waals surface area contributed by atoms with Crippen molar-refractivity contribution in [3.05, 3.63) is 87.0 Å². The third-order valence-electron chi connectivity index (χ3n) is 5.40. The van der Waals surface area contributed by atoms with Gasteiger partial charge >= 0.3 is 5.69 Å². The maximum atomic E-state index is 12.4. The van der Waals surface area contributed by atoms with Crippen LogP contribution in [0.3, 0.4) is 0 Å². The third kappa shape index (κ3) is 3.88. The zero-order valence-corrected chi connectivity index (χ0v) is 18.3. The summed E-state index contributed by atoms with van der Waals surface area (Å²) in [6.07, 6.45) is 1.57. The van der Waals surface area contributed by atoms with Crippen LogP contribution in [0.4, 0.5) is 0 Å².